The zero-order chi connectivity index (χ0) is 12.8. The number of nitrogens with two attached hydrogens (primary N) is 1. The van der Waals surface area contributed by atoms with Crippen molar-refractivity contribution in [2.45, 2.75) is 19.3 Å². The zero-order valence-corrected chi connectivity index (χ0v) is 10.6. The summed E-state index contributed by atoms with van der Waals surface area (Å²) in [6.45, 7) is 3.94. The lowest BCUT2D eigenvalue weighted by Crippen LogP contribution is -2.33. The number of benzene rings is 1. The molecule has 1 fully saturated rings. The number of piperidine rings is 1. The molecule has 0 spiro atoms. The topological polar surface area (TPSA) is 55.6 Å². The molecule has 2 rings (SSSR count). The van der Waals surface area contributed by atoms with Gasteiger partial charge in [0.15, 0.2) is 0 Å². The fourth-order valence-corrected chi connectivity index (χ4v) is 2.21. The van der Waals surface area contributed by atoms with Crippen LogP contribution < -0.4 is 10.5 Å². The van der Waals surface area contributed by atoms with Crippen molar-refractivity contribution in [3.05, 3.63) is 29.8 Å². The van der Waals surface area contributed by atoms with Gasteiger partial charge in [-0.25, -0.2) is 0 Å². The van der Waals surface area contributed by atoms with Crippen LogP contribution in [-0.4, -0.2) is 37.0 Å². The van der Waals surface area contributed by atoms with Gasteiger partial charge in [-0.2, -0.15) is 0 Å². The number of carbonyl (C=O) groups excluding carboxylic acids is 1. The van der Waals surface area contributed by atoms with Crippen LogP contribution in [-0.2, 0) is 0 Å². The van der Waals surface area contributed by atoms with Gasteiger partial charge in [-0.15, -0.1) is 0 Å². The summed E-state index contributed by atoms with van der Waals surface area (Å²) in [6, 6.07) is 7.03. The van der Waals surface area contributed by atoms with Crippen molar-refractivity contribution in [3.8, 4) is 5.75 Å². The second-order valence-corrected chi connectivity index (χ2v) is 4.64. The lowest BCUT2D eigenvalue weighted by molar-refractivity contribution is 0.0999. The molecule has 18 heavy (non-hydrogen) atoms. The summed E-state index contributed by atoms with van der Waals surface area (Å²) >= 11 is 0. The lowest BCUT2D eigenvalue weighted by atomic mass is 10.1. The highest BCUT2D eigenvalue weighted by atomic mass is 16.5. The third kappa shape index (κ3) is 3.74. The molecule has 1 aliphatic rings. The molecule has 1 heterocycles. The molecule has 98 valence electrons. The molecule has 1 saturated heterocycles. The van der Waals surface area contributed by atoms with Gasteiger partial charge >= 0.3 is 0 Å². The normalized spacial score (nSPS) is 16.4. The number of primary amides is 1. The summed E-state index contributed by atoms with van der Waals surface area (Å²) in [5, 5.41) is 0. The van der Waals surface area contributed by atoms with Gasteiger partial charge in [-0.05, 0) is 44.1 Å². The fourth-order valence-electron chi connectivity index (χ4n) is 2.21. The third-order valence-electron chi connectivity index (χ3n) is 3.24. The smallest absolute Gasteiger partial charge is 0.248 e. The Hall–Kier alpha value is -1.55. The van der Waals surface area contributed by atoms with E-state index in [-0.39, 0.29) is 0 Å². The fraction of sp³-hybridized carbons (Fsp3) is 0.500. The standard InChI is InChI=1S/C14H20N2O2/c15-14(17)12-5-4-6-13(11-12)18-10-9-16-7-2-1-3-8-16/h4-6,11H,1-3,7-10H2,(H2,15,17). The van der Waals surface area contributed by atoms with E-state index in [2.05, 4.69) is 4.90 Å². The molecule has 0 radical (unpaired) electrons. The number of likely N-dealkylation sites (tertiary alicyclic amines) is 1. The highest BCUT2D eigenvalue weighted by Gasteiger charge is 2.09. The molecule has 4 heteroatoms. The maximum atomic E-state index is 11.0. The summed E-state index contributed by atoms with van der Waals surface area (Å²) in [5.41, 5.74) is 5.72. The Bertz CT molecular complexity index is 401. The van der Waals surface area contributed by atoms with E-state index in [1.807, 2.05) is 6.07 Å². The van der Waals surface area contributed by atoms with Crippen molar-refractivity contribution in [3.63, 3.8) is 0 Å². The number of rotatable bonds is 5. The molecular weight excluding hydrogens is 228 g/mol. The van der Waals surface area contributed by atoms with E-state index in [0.29, 0.717) is 17.9 Å². The van der Waals surface area contributed by atoms with E-state index < -0.39 is 5.91 Å². The van der Waals surface area contributed by atoms with Gasteiger partial charge in [0, 0.05) is 12.1 Å². The summed E-state index contributed by atoms with van der Waals surface area (Å²) < 4.78 is 5.65. The van der Waals surface area contributed by atoms with Crippen molar-refractivity contribution >= 4 is 5.91 Å². The number of nitrogens with zero attached hydrogens (tertiary/aromatic N) is 1. The van der Waals surface area contributed by atoms with Crippen LogP contribution in [0.4, 0.5) is 0 Å². The van der Waals surface area contributed by atoms with Crippen molar-refractivity contribution in [2.24, 2.45) is 5.73 Å². The number of hydrogen-bond acceptors (Lipinski definition) is 3. The Morgan fingerprint density at radius 3 is 2.78 bits per heavy atom. The van der Waals surface area contributed by atoms with Gasteiger partial charge in [-0.1, -0.05) is 12.5 Å². The van der Waals surface area contributed by atoms with Crippen LogP contribution in [0.1, 0.15) is 29.6 Å². The van der Waals surface area contributed by atoms with Crippen molar-refractivity contribution in [1.29, 1.82) is 0 Å². The average molecular weight is 248 g/mol. The average Bonchev–Trinajstić information content (AvgIpc) is 2.40. The van der Waals surface area contributed by atoms with Crippen molar-refractivity contribution in [2.75, 3.05) is 26.2 Å². The summed E-state index contributed by atoms with van der Waals surface area (Å²) in [5.74, 6) is 0.291. The van der Waals surface area contributed by atoms with Gasteiger partial charge < -0.3 is 10.5 Å². The Kier molecular flexibility index (Phi) is 4.59. The first-order chi connectivity index (χ1) is 8.75. The van der Waals surface area contributed by atoms with Crippen LogP contribution in [0.5, 0.6) is 5.75 Å². The van der Waals surface area contributed by atoms with E-state index in [1.165, 1.54) is 32.4 Å². The van der Waals surface area contributed by atoms with Crippen molar-refractivity contribution < 1.29 is 9.53 Å². The first-order valence-electron chi connectivity index (χ1n) is 6.51. The summed E-state index contributed by atoms with van der Waals surface area (Å²) in [4.78, 5) is 13.5. The number of amides is 1. The molecule has 0 aromatic heterocycles. The minimum Gasteiger partial charge on any atom is -0.492 e. The Morgan fingerprint density at radius 1 is 1.28 bits per heavy atom. The van der Waals surface area contributed by atoms with Gasteiger partial charge in [0.2, 0.25) is 5.91 Å². The Balaban J connectivity index is 1.78. The zero-order valence-electron chi connectivity index (χ0n) is 10.6. The molecule has 4 nitrogen and oxygen atoms in total. The van der Waals surface area contributed by atoms with E-state index in [1.54, 1.807) is 18.2 Å². The van der Waals surface area contributed by atoms with Crippen LogP contribution in [0.15, 0.2) is 24.3 Å². The van der Waals surface area contributed by atoms with E-state index in [4.69, 9.17) is 10.5 Å². The number of hydrogen-bond donors (Lipinski definition) is 1. The van der Waals surface area contributed by atoms with Crippen LogP contribution in [0.2, 0.25) is 0 Å². The maximum Gasteiger partial charge on any atom is 0.248 e. The molecule has 0 aliphatic carbocycles. The second-order valence-electron chi connectivity index (χ2n) is 4.64. The minimum absolute atomic E-state index is 0.420. The SMILES string of the molecule is NC(=O)c1cccc(OCCN2CCCCC2)c1. The highest BCUT2D eigenvalue weighted by molar-refractivity contribution is 5.93. The Morgan fingerprint density at radius 2 is 2.06 bits per heavy atom. The minimum atomic E-state index is -0.420. The first-order valence-corrected chi connectivity index (χ1v) is 6.51. The van der Waals surface area contributed by atoms with Crippen LogP contribution in [0, 0.1) is 0 Å². The largest absolute Gasteiger partial charge is 0.492 e. The van der Waals surface area contributed by atoms with Gasteiger partial charge in [0.25, 0.3) is 0 Å². The number of carbonyl (C=O) groups is 1. The van der Waals surface area contributed by atoms with E-state index >= 15 is 0 Å². The summed E-state index contributed by atoms with van der Waals surface area (Å²) in [6.07, 6.45) is 3.92. The third-order valence-corrected chi connectivity index (χ3v) is 3.24. The molecule has 0 atom stereocenters. The molecule has 1 aromatic carbocycles. The van der Waals surface area contributed by atoms with Crippen LogP contribution in [0.3, 0.4) is 0 Å². The summed E-state index contributed by atoms with van der Waals surface area (Å²) in [7, 11) is 0. The van der Waals surface area contributed by atoms with Gasteiger partial charge in [-0.3, -0.25) is 9.69 Å². The van der Waals surface area contributed by atoms with E-state index in [0.717, 1.165) is 6.54 Å². The lowest BCUT2D eigenvalue weighted by Gasteiger charge is -2.26. The second kappa shape index (κ2) is 6.40. The predicted octanol–water partition coefficient (Wildman–Crippen LogP) is 1.65. The van der Waals surface area contributed by atoms with E-state index in [9.17, 15) is 4.79 Å². The molecule has 1 aliphatic heterocycles. The van der Waals surface area contributed by atoms with Crippen LogP contribution >= 0.6 is 0 Å². The molecule has 0 unspecified atom stereocenters. The van der Waals surface area contributed by atoms with Crippen LogP contribution in [0.25, 0.3) is 0 Å². The predicted molar refractivity (Wildman–Crippen MR) is 70.7 cm³/mol. The quantitative estimate of drug-likeness (QED) is 0.862. The molecular formula is C14H20N2O2. The molecule has 0 saturated carbocycles. The highest BCUT2D eigenvalue weighted by Crippen LogP contribution is 2.13. The maximum absolute atomic E-state index is 11.0. The monoisotopic (exact) mass is 248 g/mol. The first kappa shape index (κ1) is 12.9. The molecule has 1 amide bonds. The molecule has 1 aromatic rings. The van der Waals surface area contributed by atoms with Crippen molar-refractivity contribution in [1.82, 2.24) is 4.90 Å². The van der Waals surface area contributed by atoms with Gasteiger partial charge in [0.1, 0.15) is 12.4 Å². The Labute approximate surface area is 108 Å². The molecule has 2 N–H and O–H groups in total. The van der Waals surface area contributed by atoms with Gasteiger partial charge in [0.05, 0.1) is 0 Å². The number of ether oxygens (including phenoxy) is 1. The molecule has 0 bridgehead atoms.